The molecule has 0 radical (unpaired) electrons. The maximum Gasteiger partial charge on any atom is 0.339 e. The molecule has 0 aromatic heterocycles. The van der Waals surface area contributed by atoms with Crippen LogP contribution in [0.5, 0.6) is 0 Å². The highest BCUT2D eigenvalue weighted by Gasteiger charge is 2.30. The van der Waals surface area contributed by atoms with E-state index in [1.807, 2.05) is 0 Å². The number of hydrogen-bond acceptors (Lipinski definition) is 5. The van der Waals surface area contributed by atoms with Crippen molar-refractivity contribution < 1.29 is 24.0 Å². The van der Waals surface area contributed by atoms with E-state index in [2.05, 4.69) is 4.74 Å². The highest BCUT2D eigenvalue weighted by Crippen LogP contribution is 2.28. The van der Waals surface area contributed by atoms with E-state index in [0.29, 0.717) is 0 Å². The predicted molar refractivity (Wildman–Crippen MR) is 50.0 cm³/mol. The van der Waals surface area contributed by atoms with Gasteiger partial charge in [-0.25, -0.2) is 9.18 Å². The van der Waals surface area contributed by atoms with E-state index in [-0.39, 0.29) is 0 Å². The number of nitro groups is 1. The largest absolute Gasteiger partial charge is 0.467 e. The number of carbonyl (C=O) groups excluding carboxylic acids is 1. The molecule has 1 rings (SSSR count). The molecule has 1 atom stereocenters. The van der Waals surface area contributed by atoms with Crippen LogP contribution in [0.15, 0.2) is 18.2 Å². The highest BCUT2D eigenvalue weighted by molar-refractivity contribution is 5.77. The lowest BCUT2D eigenvalue weighted by atomic mass is 10.1. The van der Waals surface area contributed by atoms with E-state index in [9.17, 15) is 24.4 Å². The van der Waals surface area contributed by atoms with Crippen molar-refractivity contribution in [2.45, 2.75) is 6.10 Å². The van der Waals surface area contributed by atoms with Crippen LogP contribution in [0.4, 0.5) is 10.1 Å². The molecule has 0 aliphatic rings. The fourth-order valence-electron chi connectivity index (χ4n) is 1.19. The lowest BCUT2D eigenvalue weighted by Gasteiger charge is -2.09. The molecule has 0 saturated heterocycles. The van der Waals surface area contributed by atoms with Gasteiger partial charge in [-0.3, -0.25) is 10.1 Å². The monoisotopic (exact) mass is 229 g/mol. The Morgan fingerprint density at radius 1 is 1.62 bits per heavy atom. The van der Waals surface area contributed by atoms with Gasteiger partial charge in [0.2, 0.25) is 0 Å². The van der Waals surface area contributed by atoms with Crippen LogP contribution in [-0.2, 0) is 9.53 Å². The van der Waals surface area contributed by atoms with Crippen LogP contribution in [0.1, 0.15) is 11.7 Å². The summed E-state index contributed by atoms with van der Waals surface area (Å²) in [7, 11) is 0.984. The Morgan fingerprint density at radius 3 is 2.75 bits per heavy atom. The molecule has 6 nitrogen and oxygen atoms in total. The fourth-order valence-corrected chi connectivity index (χ4v) is 1.19. The van der Waals surface area contributed by atoms with Crippen LogP contribution < -0.4 is 0 Å². The second-order valence-corrected chi connectivity index (χ2v) is 2.86. The first-order valence-electron chi connectivity index (χ1n) is 4.17. The molecule has 0 bridgehead atoms. The average Bonchev–Trinajstić information content (AvgIpc) is 2.26. The van der Waals surface area contributed by atoms with E-state index in [1.54, 1.807) is 0 Å². The number of nitro benzene ring substituents is 1. The number of halogens is 1. The standard InChI is InChI=1S/C9H8FNO5/c1-16-9(13)8(12)7-5(10)3-2-4-6(7)11(14)15/h2-4,8,12H,1H3. The molecule has 1 aromatic carbocycles. The Labute approximate surface area is 89.4 Å². The molecule has 0 fully saturated rings. The molecule has 0 heterocycles. The van der Waals surface area contributed by atoms with Gasteiger partial charge in [0.1, 0.15) is 11.4 Å². The first-order chi connectivity index (χ1) is 7.49. The van der Waals surface area contributed by atoms with Gasteiger partial charge in [0.15, 0.2) is 6.10 Å². The SMILES string of the molecule is COC(=O)C(O)c1c(F)cccc1[N+](=O)[O-]. The number of ether oxygens (including phenoxy) is 1. The fraction of sp³-hybridized carbons (Fsp3) is 0.222. The van der Waals surface area contributed by atoms with Crippen molar-refractivity contribution in [1.29, 1.82) is 0 Å². The molecule has 0 spiro atoms. The summed E-state index contributed by atoms with van der Waals surface area (Å²) >= 11 is 0. The molecule has 0 saturated carbocycles. The second kappa shape index (κ2) is 4.67. The summed E-state index contributed by atoms with van der Waals surface area (Å²) in [4.78, 5) is 20.7. The van der Waals surface area contributed by atoms with Crippen LogP contribution in [0.3, 0.4) is 0 Å². The molecular formula is C9H8FNO5. The van der Waals surface area contributed by atoms with Crippen molar-refractivity contribution in [3.8, 4) is 0 Å². The third kappa shape index (κ3) is 2.14. The van der Waals surface area contributed by atoms with Crippen LogP contribution in [0.25, 0.3) is 0 Å². The molecule has 1 aromatic rings. The number of nitrogens with zero attached hydrogens (tertiary/aromatic N) is 1. The van der Waals surface area contributed by atoms with Crippen molar-refractivity contribution >= 4 is 11.7 Å². The van der Waals surface area contributed by atoms with Crippen LogP contribution in [-0.4, -0.2) is 23.1 Å². The van der Waals surface area contributed by atoms with Crippen molar-refractivity contribution in [3.05, 3.63) is 39.7 Å². The first-order valence-corrected chi connectivity index (χ1v) is 4.17. The second-order valence-electron chi connectivity index (χ2n) is 2.86. The smallest absolute Gasteiger partial charge is 0.339 e. The van der Waals surface area contributed by atoms with Gasteiger partial charge in [-0.2, -0.15) is 0 Å². The topological polar surface area (TPSA) is 89.7 Å². The molecular weight excluding hydrogens is 221 g/mol. The first kappa shape index (κ1) is 12.1. The minimum atomic E-state index is -2.01. The van der Waals surface area contributed by atoms with Gasteiger partial charge in [0.25, 0.3) is 5.69 Å². The summed E-state index contributed by atoms with van der Waals surface area (Å²) in [6.45, 7) is 0. The van der Waals surface area contributed by atoms with E-state index in [4.69, 9.17) is 0 Å². The highest BCUT2D eigenvalue weighted by atomic mass is 19.1. The number of aliphatic hydroxyl groups is 1. The molecule has 0 amide bonds. The maximum absolute atomic E-state index is 13.3. The molecule has 86 valence electrons. The number of hydrogen-bond donors (Lipinski definition) is 1. The predicted octanol–water partition coefficient (Wildman–Crippen LogP) is 0.940. The van der Waals surface area contributed by atoms with Gasteiger partial charge in [-0.15, -0.1) is 0 Å². The number of aliphatic hydroxyl groups excluding tert-OH is 1. The summed E-state index contributed by atoms with van der Waals surface area (Å²) in [5, 5.41) is 19.9. The van der Waals surface area contributed by atoms with Gasteiger partial charge in [-0.1, -0.05) is 6.07 Å². The number of carbonyl (C=O) groups is 1. The Balaban J connectivity index is 3.30. The Kier molecular flexibility index (Phi) is 3.51. The number of rotatable bonds is 3. The zero-order valence-electron chi connectivity index (χ0n) is 8.21. The third-order valence-corrected chi connectivity index (χ3v) is 1.92. The van der Waals surface area contributed by atoms with Crippen LogP contribution in [0, 0.1) is 15.9 Å². The zero-order chi connectivity index (χ0) is 12.3. The van der Waals surface area contributed by atoms with E-state index in [1.165, 1.54) is 0 Å². The van der Waals surface area contributed by atoms with Gasteiger partial charge in [-0.05, 0) is 6.07 Å². The molecule has 16 heavy (non-hydrogen) atoms. The summed E-state index contributed by atoms with van der Waals surface area (Å²) in [6.07, 6.45) is -2.01. The normalized spacial score (nSPS) is 11.9. The van der Waals surface area contributed by atoms with Crippen molar-refractivity contribution in [2.75, 3.05) is 7.11 Å². The lowest BCUT2D eigenvalue weighted by Crippen LogP contribution is -2.16. The average molecular weight is 229 g/mol. The number of benzene rings is 1. The molecule has 0 aliphatic heterocycles. The van der Waals surface area contributed by atoms with E-state index in [0.717, 1.165) is 25.3 Å². The van der Waals surface area contributed by atoms with Gasteiger partial charge in [0, 0.05) is 6.07 Å². The quantitative estimate of drug-likeness (QED) is 0.473. The van der Waals surface area contributed by atoms with E-state index < -0.39 is 34.1 Å². The summed E-state index contributed by atoms with van der Waals surface area (Å²) in [6, 6.07) is 3.01. The minimum absolute atomic E-state index is 0.669. The lowest BCUT2D eigenvalue weighted by molar-refractivity contribution is -0.386. The minimum Gasteiger partial charge on any atom is -0.467 e. The molecule has 0 aliphatic carbocycles. The summed E-state index contributed by atoms with van der Waals surface area (Å²) in [5.74, 6) is -2.19. The van der Waals surface area contributed by atoms with Crippen molar-refractivity contribution in [2.24, 2.45) is 0 Å². The Bertz CT molecular complexity index is 434. The maximum atomic E-state index is 13.3. The van der Waals surface area contributed by atoms with Gasteiger partial charge < -0.3 is 9.84 Å². The van der Waals surface area contributed by atoms with Gasteiger partial charge in [0.05, 0.1) is 12.0 Å². The van der Waals surface area contributed by atoms with Crippen molar-refractivity contribution in [1.82, 2.24) is 0 Å². The molecule has 1 unspecified atom stereocenters. The Hall–Kier alpha value is -2.02. The van der Waals surface area contributed by atoms with Crippen molar-refractivity contribution in [3.63, 3.8) is 0 Å². The summed E-state index contributed by atoms with van der Waals surface area (Å²) in [5.41, 5.74) is -1.36. The van der Waals surface area contributed by atoms with Crippen LogP contribution >= 0.6 is 0 Å². The number of esters is 1. The summed E-state index contributed by atoms with van der Waals surface area (Å²) < 4.78 is 17.5. The Morgan fingerprint density at radius 2 is 2.25 bits per heavy atom. The molecule has 1 N–H and O–H groups in total. The molecule has 7 heteroatoms. The zero-order valence-corrected chi connectivity index (χ0v) is 8.21. The van der Waals surface area contributed by atoms with Gasteiger partial charge >= 0.3 is 5.97 Å². The van der Waals surface area contributed by atoms with E-state index >= 15 is 0 Å². The van der Waals surface area contributed by atoms with Crippen LogP contribution in [0.2, 0.25) is 0 Å². The number of methoxy groups -OCH3 is 1. The third-order valence-electron chi connectivity index (χ3n) is 1.92.